The summed E-state index contributed by atoms with van der Waals surface area (Å²) < 4.78 is 1.90. The Bertz CT molecular complexity index is 507. The number of nitrogens with two attached hydrogens (primary N) is 1. The summed E-state index contributed by atoms with van der Waals surface area (Å²) in [6.07, 6.45) is 0. The van der Waals surface area contributed by atoms with Crippen LogP contribution in [0.25, 0.3) is 0 Å². The first kappa shape index (κ1) is 12.3. The van der Waals surface area contributed by atoms with Gasteiger partial charge in [0.05, 0.1) is 17.3 Å². The van der Waals surface area contributed by atoms with Gasteiger partial charge in [-0.3, -0.25) is 4.68 Å². The molecule has 5 heteroatoms. The predicted octanol–water partition coefficient (Wildman–Crippen LogP) is 1.89. The molecule has 1 atom stereocenters. The molecule has 92 valence electrons. The highest BCUT2D eigenvalue weighted by Gasteiger charge is 2.20. The summed E-state index contributed by atoms with van der Waals surface area (Å²) in [5.74, 6) is 0.151. The van der Waals surface area contributed by atoms with Gasteiger partial charge < -0.3 is 5.73 Å². The minimum atomic E-state index is 0.151. The van der Waals surface area contributed by atoms with E-state index in [4.69, 9.17) is 5.73 Å². The van der Waals surface area contributed by atoms with Gasteiger partial charge >= 0.3 is 0 Å². The molecule has 0 amide bonds. The van der Waals surface area contributed by atoms with E-state index in [-0.39, 0.29) is 5.92 Å². The standard InChI is InChI=1S/C12H18N4S/c1-7-5-11(16(4)15-7)10(6-13)12-14-8(2)9(3)17-12/h5,10H,6,13H2,1-4H3. The lowest BCUT2D eigenvalue weighted by atomic mass is 10.1. The van der Waals surface area contributed by atoms with Gasteiger partial charge in [-0.2, -0.15) is 5.10 Å². The highest BCUT2D eigenvalue weighted by atomic mass is 32.1. The van der Waals surface area contributed by atoms with Gasteiger partial charge in [0, 0.05) is 24.2 Å². The Morgan fingerprint density at radius 1 is 1.41 bits per heavy atom. The van der Waals surface area contributed by atoms with E-state index in [0.717, 1.165) is 22.1 Å². The normalized spacial score (nSPS) is 13.0. The van der Waals surface area contributed by atoms with Gasteiger partial charge in [-0.05, 0) is 26.8 Å². The van der Waals surface area contributed by atoms with Crippen LogP contribution in [0.5, 0.6) is 0 Å². The van der Waals surface area contributed by atoms with Crippen LogP contribution in [-0.2, 0) is 7.05 Å². The largest absolute Gasteiger partial charge is 0.329 e. The van der Waals surface area contributed by atoms with E-state index in [9.17, 15) is 0 Å². The van der Waals surface area contributed by atoms with Crippen molar-refractivity contribution in [2.45, 2.75) is 26.7 Å². The number of nitrogens with zero attached hydrogens (tertiary/aromatic N) is 3. The molecule has 17 heavy (non-hydrogen) atoms. The summed E-state index contributed by atoms with van der Waals surface area (Å²) in [6.45, 7) is 6.69. The van der Waals surface area contributed by atoms with Gasteiger partial charge in [0.1, 0.15) is 5.01 Å². The molecule has 1 unspecified atom stereocenters. The second-order valence-electron chi connectivity index (χ2n) is 4.32. The van der Waals surface area contributed by atoms with E-state index >= 15 is 0 Å². The van der Waals surface area contributed by atoms with Crippen LogP contribution in [0.3, 0.4) is 0 Å². The summed E-state index contributed by atoms with van der Waals surface area (Å²) in [6, 6.07) is 2.09. The molecule has 2 rings (SSSR count). The Hall–Kier alpha value is -1.20. The predicted molar refractivity (Wildman–Crippen MR) is 70.4 cm³/mol. The second-order valence-corrected chi connectivity index (χ2v) is 5.55. The Morgan fingerprint density at radius 3 is 2.53 bits per heavy atom. The summed E-state index contributed by atoms with van der Waals surface area (Å²) >= 11 is 1.73. The van der Waals surface area contributed by atoms with Gasteiger partial charge in [0.2, 0.25) is 0 Å². The summed E-state index contributed by atoms with van der Waals surface area (Å²) in [4.78, 5) is 5.87. The fourth-order valence-electron chi connectivity index (χ4n) is 1.95. The zero-order valence-electron chi connectivity index (χ0n) is 10.7. The Morgan fingerprint density at radius 2 is 2.12 bits per heavy atom. The fraction of sp³-hybridized carbons (Fsp3) is 0.500. The number of aryl methyl sites for hydroxylation is 4. The number of rotatable bonds is 3. The van der Waals surface area contributed by atoms with E-state index < -0.39 is 0 Å². The number of aromatic nitrogens is 3. The van der Waals surface area contributed by atoms with Crippen molar-refractivity contribution in [1.29, 1.82) is 0 Å². The molecular formula is C12H18N4S. The summed E-state index contributed by atoms with van der Waals surface area (Å²) in [5.41, 5.74) is 9.16. The Labute approximate surface area is 105 Å². The monoisotopic (exact) mass is 250 g/mol. The van der Waals surface area contributed by atoms with Crippen LogP contribution >= 0.6 is 11.3 Å². The van der Waals surface area contributed by atoms with Gasteiger partial charge in [-0.25, -0.2) is 4.98 Å². The Kier molecular flexibility index (Phi) is 3.31. The first-order chi connectivity index (χ1) is 8.02. The van der Waals surface area contributed by atoms with Crippen molar-refractivity contribution < 1.29 is 0 Å². The van der Waals surface area contributed by atoms with Crippen molar-refractivity contribution in [2.75, 3.05) is 6.54 Å². The molecule has 0 saturated carbocycles. The smallest absolute Gasteiger partial charge is 0.103 e. The van der Waals surface area contributed by atoms with Crippen molar-refractivity contribution in [1.82, 2.24) is 14.8 Å². The lowest BCUT2D eigenvalue weighted by molar-refractivity contribution is 0.657. The SMILES string of the molecule is Cc1cc(C(CN)c2nc(C)c(C)s2)n(C)n1. The van der Waals surface area contributed by atoms with E-state index in [1.807, 2.05) is 25.6 Å². The lowest BCUT2D eigenvalue weighted by Crippen LogP contribution is -2.16. The van der Waals surface area contributed by atoms with Crippen LogP contribution < -0.4 is 5.73 Å². The molecule has 0 saturated heterocycles. The van der Waals surface area contributed by atoms with Gasteiger partial charge in [-0.1, -0.05) is 0 Å². The van der Waals surface area contributed by atoms with E-state index in [1.54, 1.807) is 11.3 Å². The minimum Gasteiger partial charge on any atom is -0.329 e. The molecule has 0 radical (unpaired) electrons. The van der Waals surface area contributed by atoms with Gasteiger partial charge in [-0.15, -0.1) is 11.3 Å². The topological polar surface area (TPSA) is 56.7 Å². The fourth-order valence-corrected chi connectivity index (χ4v) is 3.00. The molecule has 2 aromatic rings. The molecule has 4 nitrogen and oxygen atoms in total. The van der Waals surface area contributed by atoms with Crippen LogP contribution in [0.15, 0.2) is 6.07 Å². The maximum Gasteiger partial charge on any atom is 0.103 e. The van der Waals surface area contributed by atoms with Gasteiger partial charge in [0.15, 0.2) is 0 Å². The molecule has 0 aromatic carbocycles. The van der Waals surface area contributed by atoms with Crippen LogP contribution in [0.2, 0.25) is 0 Å². The number of hydrogen-bond acceptors (Lipinski definition) is 4. The van der Waals surface area contributed by atoms with Crippen LogP contribution in [-0.4, -0.2) is 21.3 Å². The Balaban J connectivity index is 2.43. The average Bonchev–Trinajstić information content (AvgIpc) is 2.74. The second kappa shape index (κ2) is 4.58. The van der Waals surface area contributed by atoms with Crippen molar-refractivity contribution in [3.05, 3.63) is 33.0 Å². The van der Waals surface area contributed by atoms with Crippen molar-refractivity contribution in [3.63, 3.8) is 0 Å². The third-order valence-corrected chi connectivity index (χ3v) is 4.16. The molecule has 2 heterocycles. The highest BCUT2D eigenvalue weighted by Crippen LogP contribution is 2.29. The average molecular weight is 250 g/mol. The van der Waals surface area contributed by atoms with Crippen LogP contribution in [0, 0.1) is 20.8 Å². The van der Waals surface area contributed by atoms with E-state index in [1.165, 1.54) is 4.88 Å². The minimum absolute atomic E-state index is 0.151. The van der Waals surface area contributed by atoms with Gasteiger partial charge in [0.25, 0.3) is 0 Å². The zero-order valence-corrected chi connectivity index (χ0v) is 11.5. The number of hydrogen-bond donors (Lipinski definition) is 1. The maximum atomic E-state index is 5.90. The molecule has 2 aromatic heterocycles. The molecular weight excluding hydrogens is 232 g/mol. The zero-order chi connectivity index (χ0) is 12.6. The molecule has 0 fully saturated rings. The van der Waals surface area contributed by atoms with Crippen LogP contribution in [0.1, 0.15) is 32.9 Å². The molecule has 2 N–H and O–H groups in total. The molecule has 0 aliphatic rings. The summed E-state index contributed by atoms with van der Waals surface area (Å²) in [5, 5.41) is 5.46. The first-order valence-corrected chi connectivity index (χ1v) is 6.49. The molecule has 0 aliphatic heterocycles. The molecule has 0 bridgehead atoms. The first-order valence-electron chi connectivity index (χ1n) is 5.67. The van der Waals surface area contributed by atoms with E-state index in [0.29, 0.717) is 6.54 Å². The highest BCUT2D eigenvalue weighted by molar-refractivity contribution is 7.11. The molecule has 0 spiro atoms. The van der Waals surface area contributed by atoms with Crippen LogP contribution in [0.4, 0.5) is 0 Å². The number of thiazole rings is 1. The third-order valence-electron chi connectivity index (χ3n) is 2.97. The molecule has 0 aliphatic carbocycles. The summed E-state index contributed by atoms with van der Waals surface area (Å²) in [7, 11) is 1.96. The maximum absolute atomic E-state index is 5.90. The van der Waals surface area contributed by atoms with E-state index in [2.05, 4.69) is 23.1 Å². The van der Waals surface area contributed by atoms with Crippen molar-refractivity contribution in [2.24, 2.45) is 12.8 Å². The quantitative estimate of drug-likeness (QED) is 0.905. The van der Waals surface area contributed by atoms with Crippen molar-refractivity contribution >= 4 is 11.3 Å². The third kappa shape index (κ3) is 2.25. The lowest BCUT2D eigenvalue weighted by Gasteiger charge is -2.11. The van der Waals surface area contributed by atoms with Crippen molar-refractivity contribution in [3.8, 4) is 0 Å².